The lowest BCUT2D eigenvalue weighted by atomic mass is 9.99. The van der Waals surface area contributed by atoms with Crippen LogP contribution in [0.3, 0.4) is 0 Å². The van der Waals surface area contributed by atoms with Crippen molar-refractivity contribution in [2.45, 2.75) is 37.8 Å². The molecule has 0 bridgehead atoms. The van der Waals surface area contributed by atoms with Crippen LogP contribution < -0.4 is 15.4 Å². The lowest BCUT2D eigenvalue weighted by Crippen LogP contribution is -2.14. The fourth-order valence-corrected chi connectivity index (χ4v) is 5.09. The van der Waals surface area contributed by atoms with Crippen molar-refractivity contribution in [2.24, 2.45) is 0 Å². The molecular weight excluding hydrogens is 424 g/mol. The fraction of sp³-hybridized carbons (Fsp3) is 0.333. The Morgan fingerprint density at radius 2 is 1.29 bits per heavy atom. The molecule has 2 aromatic carbocycles. The molecule has 7 heteroatoms. The van der Waals surface area contributed by atoms with Gasteiger partial charge in [-0.15, -0.1) is 0 Å². The number of nitrogens with one attached hydrogen (secondary N) is 4. The van der Waals surface area contributed by atoms with Crippen LogP contribution in [0, 0.1) is 0 Å². The fourth-order valence-electron chi connectivity index (χ4n) is 5.09. The van der Waals surface area contributed by atoms with E-state index in [4.69, 9.17) is 4.74 Å². The van der Waals surface area contributed by atoms with E-state index in [0.29, 0.717) is 12.1 Å². The van der Waals surface area contributed by atoms with Gasteiger partial charge in [-0.25, -0.2) is 9.97 Å². The molecule has 0 radical (unpaired) electrons. The first kappa shape index (κ1) is 21.1. The number of aromatic amines is 2. The number of hydrogen-bond donors (Lipinski definition) is 4. The highest BCUT2D eigenvalue weighted by Gasteiger charge is 2.20. The van der Waals surface area contributed by atoms with Gasteiger partial charge in [0.1, 0.15) is 17.4 Å². The first-order valence-electron chi connectivity index (χ1n) is 12.1. The van der Waals surface area contributed by atoms with E-state index in [-0.39, 0.29) is 0 Å². The number of imidazole rings is 2. The molecule has 0 spiro atoms. The summed E-state index contributed by atoms with van der Waals surface area (Å²) in [4.78, 5) is 16.2. The molecule has 2 saturated heterocycles. The number of nitrogens with zero attached hydrogens (tertiary/aromatic N) is 2. The zero-order valence-electron chi connectivity index (χ0n) is 19.4. The van der Waals surface area contributed by atoms with Gasteiger partial charge in [-0.05, 0) is 68.1 Å². The average molecular weight is 455 g/mol. The van der Waals surface area contributed by atoms with Crippen molar-refractivity contribution in [1.29, 1.82) is 0 Å². The van der Waals surface area contributed by atoms with Gasteiger partial charge >= 0.3 is 0 Å². The van der Waals surface area contributed by atoms with Gasteiger partial charge in [-0.1, -0.05) is 24.3 Å². The smallest absolute Gasteiger partial charge is 0.126 e. The quantitative estimate of drug-likeness (QED) is 0.329. The monoisotopic (exact) mass is 454 g/mol. The predicted molar refractivity (Wildman–Crippen MR) is 134 cm³/mol. The molecule has 2 atom stereocenters. The van der Waals surface area contributed by atoms with Crippen molar-refractivity contribution in [3.05, 3.63) is 66.5 Å². The third kappa shape index (κ3) is 4.02. The first-order chi connectivity index (χ1) is 16.8. The second-order valence-corrected chi connectivity index (χ2v) is 9.15. The standard InChI is InChI=1S/C27H30N6O/c1-34-25-11-10-19(24-16-31-27(33-24)22-5-3-13-29-22)14-20(25)17-6-8-18(9-7-17)23-15-30-26(32-23)21-4-2-12-28-21/h6-11,14-16,21-22,28-29H,2-5,12-13H2,1H3,(H,30,32)(H,31,33)/t21-,22-/m0/s1. The van der Waals surface area contributed by atoms with Gasteiger partial charge in [0.05, 0.1) is 43.0 Å². The Hall–Kier alpha value is -3.42. The molecule has 7 nitrogen and oxygen atoms in total. The summed E-state index contributed by atoms with van der Waals surface area (Å²) in [6.45, 7) is 2.12. The van der Waals surface area contributed by atoms with Crippen LogP contribution in [-0.4, -0.2) is 40.1 Å². The van der Waals surface area contributed by atoms with Crippen molar-refractivity contribution in [3.8, 4) is 39.4 Å². The SMILES string of the molecule is COc1ccc(-c2cnc([C@@H]3CCCN3)[nH]2)cc1-c1ccc(-c2cnc([C@@H]3CCCN3)[nH]2)cc1. The highest BCUT2D eigenvalue weighted by atomic mass is 16.5. The normalized spacial score (nSPS) is 20.1. The molecule has 4 heterocycles. The second-order valence-electron chi connectivity index (χ2n) is 9.15. The van der Waals surface area contributed by atoms with Gasteiger partial charge in [0.2, 0.25) is 0 Å². The summed E-state index contributed by atoms with van der Waals surface area (Å²) >= 11 is 0. The van der Waals surface area contributed by atoms with E-state index in [1.54, 1.807) is 7.11 Å². The zero-order valence-corrected chi connectivity index (χ0v) is 19.4. The number of methoxy groups -OCH3 is 1. The number of rotatable bonds is 6. The minimum atomic E-state index is 0.325. The molecule has 2 aromatic heterocycles. The van der Waals surface area contributed by atoms with Crippen LogP contribution in [0.2, 0.25) is 0 Å². The molecule has 4 N–H and O–H groups in total. The topological polar surface area (TPSA) is 90.7 Å². The summed E-state index contributed by atoms with van der Waals surface area (Å²) in [5.74, 6) is 2.89. The molecule has 34 heavy (non-hydrogen) atoms. The highest BCUT2D eigenvalue weighted by Crippen LogP contribution is 2.35. The maximum atomic E-state index is 5.69. The van der Waals surface area contributed by atoms with Crippen LogP contribution in [0.4, 0.5) is 0 Å². The van der Waals surface area contributed by atoms with Gasteiger partial charge in [0, 0.05) is 11.1 Å². The van der Waals surface area contributed by atoms with E-state index in [2.05, 4.69) is 67.0 Å². The van der Waals surface area contributed by atoms with E-state index >= 15 is 0 Å². The minimum Gasteiger partial charge on any atom is -0.496 e. The lowest BCUT2D eigenvalue weighted by Gasteiger charge is -2.11. The second kappa shape index (κ2) is 9.08. The van der Waals surface area contributed by atoms with E-state index in [0.717, 1.165) is 77.0 Å². The van der Waals surface area contributed by atoms with E-state index in [9.17, 15) is 0 Å². The molecule has 2 aliphatic heterocycles. The lowest BCUT2D eigenvalue weighted by molar-refractivity contribution is 0.416. The zero-order chi connectivity index (χ0) is 22.9. The molecule has 2 aliphatic rings. The van der Waals surface area contributed by atoms with E-state index < -0.39 is 0 Å². The summed E-state index contributed by atoms with van der Waals surface area (Å²) in [7, 11) is 1.72. The Bertz CT molecular complexity index is 1260. The Morgan fingerprint density at radius 1 is 0.735 bits per heavy atom. The minimum absolute atomic E-state index is 0.325. The number of aromatic nitrogens is 4. The van der Waals surface area contributed by atoms with Crippen LogP contribution >= 0.6 is 0 Å². The number of ether oxygens (including phenoxy) is 1. The summed E-state index contributed by atoms with van der Waals surface area (Å²) in [6, 6.07) is 15.5. The molecule has 0 unspecified atom stereocenters. The largest absolute Gasteiger partial charge is 0.496 e. The first-order valence-corrected chi connectivity index (χ1v) is 12.1. The third-order valence-corrected chi connectivity index (χ3v) is 6.99. The number of hydrogen-bond acceptors (Lipinski definition) is 5. The predicted octanol–water partition coefficient (Wildman–Crippen LogP) is 4.99. The van der Waals surface area contributed by atoms with Gasteiger partial charge < -0.3 is 25.3 Å². The summed E-state index contributed by atoms with van der Waals surface area (Å²) < 4.78 is 5.69. The van der Waals surface area contributed by atoms with Crippen LogP contribution in [0.5, 0.6) is 5.75 Å². The van der Waals surface area contributed by atoms with Crippen LogP contribution in [0.15, 0.2) is 54.9 Å². The van der Waals surface area contributed by atoms with Crippen LogP contribution in [0.25, 0.3) is 33.6 Å². The van der Waals surface area contributed by atoms with Crippen LogP contribution in [0.1, 0.15) is 49.4 Å². The van der Waals surface area contributed by atoms with Crippen LogP contribution in [-0.2, 0) is 0 Å². The van der Waals surface area contributed by atoms with Crippen molar-refractivity contribution >= 4 is 0 Å². The maximum Gasteiger partial charge on any atom is 0.126 e. The molecule has 0 saturated carbocycles. The Morgan fingerprint density at radius 3 is 1.85 bits per heavy atom. The Balaban J connectivity index is 1.27. The summed E-state index contributed by atoms with van der Waals surface area (Å²) in [6.07, 6.45) is 8.52. The number of benzene rings is 2. The summed E-state index contributed by atoms with van der Waals surface area (Å²) in [5, 5.41) is 7.00. The van der Waals surface area contributed by atoms with Crippen molar-refractivity contribution in [2.75, 3.05) is 20.2 Å². The molecule has 174 valence electrons. The molecular formula is C27H30N6O. The molecule has 0 aliphatic carbocycles. The molecule has 2 fully saturated rings. The Labute approximate surface area is 199 Å². The van der Waals surface area contributed by atoms with E-state index in [1.165, 1.54) is 12.8 Å². The van der Waals surface area contributed by atoms with Gasteiger partial charge in [-0.2, -0.15) is 0 Å². The van der Waals surface area contributed by atoms with Crippen molar-refractivity contribution in [1.82, 2.24) is 30.6 Å². The average Bonchev–Trinajstić information content (AvgIpc) is 3.70. The number of H-pyrrole nitrogens is 2. The van der Waals surface area contributed by atoms with E-state index in [1.807, 2.05) is 18.5 Å². The summed E-state index contributed by atoms with van der Waals surface area (Å²) in [5.41, 5.74) is 6.45. The van der Waals surface area contributed by atoms with Gasteiger partial charge in [0.25, 0.3) is 0 Å². The maximum absolute atomic E-state index is 5.69. The third-order valence-electron chi connectivity index (χ3n) is 6.99. The van der Waals surface area contributed by atoms with Crippen molar-refractivity contribution in [3.63, 3.8) is 0 Å². The molecule has 6 rings (SSSR count). The Kier molecular flexibility index (Phi) is 5.65. The van der Waals surface area contributed by atoms with Gasteiger partial charge in [0.15, 0.2) is 0 Å². The van der Waals surface area contributed by atoms with Gasteiger partial charge in [-0.3, -0.25) is 0 Å². The highest BCUT2D eigenvalue weighted by molar-refractivity contribution is 5.78. The van der Waals surface area contributed by atoms with Crippen molar-refractivity contribution < 1.29 is 4.74 Å². The molecule has 0 amide bonds. The molecule has 4 aromatic rings.